The molecule has 0 radical (unpaired) electrons. The maximum Gasteiger partial charge on any atom is 0.242 e. The Morgan fingerprint density at radius 2 is 2.33 bits per heavy atom. The number of anilines is 1. The number of carbonyl (C=O) groups is 1. The van der Waals surface area contributed by atoms with E-state index < -0.39 is 0 Å². The molecule has 0 spiro atoms. The first-order chi connectivity index (χ1) is 11.6. The van der Waals surface area contributed by atoms with Crippen molar-refractivity contribution in [1.29, 1.82) is 0 Å². The summed E-state index contributed by atoms with van der Waals surface area (Å²) in [7, 11) is 0. The summed E-state index contributed by atoms with van der Waals surface area (Å²) in [4.78, 5) is 15.0. The molecule has 2 aromatic heterocycles. The summed E-state index contributed by atoms with van der Waals surface area (Å²) >= 11 is 0. The Morgan fingerprint density at radius 1 is 1.50 bits per heavy atom. The third-order valence-corrected chi connectivity index (χ3v) is 4.55. The average Bonchev–Trinajstić information content (AvgIpc) is 3.25. The summed E-state index contributed by atoms with van der Waals surface area (Å²) in [6.07, 6.45) is 6.88. The van der Waals surface area contributed by atoms with E-state index in [0.717, 1.165) is 37.9 Å². The highest BCUT2D eigenvalue weighted by molar-refractivity contribution is 5.94. The number of carbonyl (C=O) groups excluding carboxylic acids is 1. The Morgan fingerprint density at radius 3 is 2.96 bits per heavy atom. The van der Waals surface area contributed by atoms with Crippen LogP contribution in [0.15, 0.2) is 23.0 Å². The van der Waals surface area contributed by atoms with Crippen LogP contribution in [0, 0.1) is 13.8 Å². The quantitative estimate of drug-likeness (QED) is 0.879. The number of nitrogens with one attached hydrogen (secondary N) is 1. The van der Waals surface area contributed by atoms with Gasteiger partial charge in [0.25, 0.3) is 0 Å². The minimum atomic E-state index is -0.161. The molecule has 2 atom stereocenters. The molecule has 0 aromatic carbocycles. The first kappa shape index (κ1) is 16.7. The Bertz CT molecular complexity index is 693. The fourth-order valence-corrected chi connectivity index (χ4v) is 3.45. The van der Waals surface area contributed by atoms with Crippen LogP contribution in [-0.2, 0) is 11.3 Å². The Kier molecular flexibility index (Phi) is 4.99. The zero-order valence-corrected chi connectivity index (χ0v) is 14.5. The number of likely N-dealkylation sites (tertiary alicyclic amines) is 1. The second kappa shape index (κ2) is 7.17. The first-order valence-electron chi connectivity index (χ1n) is 8.55. The summed E-state index contributed by atoms with van der Waals surface area (Å²) in [5.74, 6) is 1.15. The smallest absolute Gasteiger partial charge is 0.242 e. The molecule has 1 fully saturated rings. The lowest BCUT2D eigenvalue weighted by atomic mass is 10.1. The topological polar surface area (TPSA) is 76.2 Å². The molecular formula is C17H25N5O2. The lowest BCUT2D eigenvalue weighted by molar-refractivity contribution is -0.122. The van der Waals surface area contributed by atoms with Crippen molar-refractivity contribution in [2.75, 3.05) is 11.9 Å². The van der Waals surface area contributed by atoms with Gasteiger partial charge in [0.15, 0.2) is 5.82 Å². The summed E-state index contributed by atoms with van der Waals surface area (Å²) in [6, 6.07) is 1.91. The van der Waals surface area contributed by atoms with Gasteiger partial charge in [-0.3, -0.25) is 14.4 Å². The molecule has 0 saturated carbocycles. The molecule has 0 aliphatic carbocycles. The van der Waals surface area contributed by atoms with E-state index in [9.17, 15) is 4.79 Å². The molecule has 1 aliphatic heterocycles. The molecule has 1 aliphatic rings. The molecule has 2 aromatic rings. The van der Waals surface area contributed by atoms with Gasteiger partial charge in [-0.15, -0.1) is 0 Å². The van der Waals surface area contributed by atoms with Crippen molar-refractivity contribution in [1.82, 2.24) is 19.8 Å². The molecule has 0 unspecified atom stereocenters. The van der Waals surface area contributed by atoms with Crippen LogP contribution < -0.4 is 5.32 Å². The largest absolute Gasteiger partial charge is 0.360 e. The maximum absolute atomic E-state index is 12.7. The fraction of sp³-hybridized carbons (Fsp3) is 0.588. The molecule has 130 valence electrons. The summed E-state index contributed by atoms with van der Waals surface area (Å²) in [5.41, 5.74) is 1.16. The number of nitrogens with zero attached hydrogens (tertiary/aromatic N) is 4. The maximum atomic E-state index is 12.7. The number of amides is 1. The summed E-state index contributed by atoms with van der Waals surface area (Å²) in [6.45, 7) is 7.65. The van der Waals surface area contributed by atoms with E-state index in [0.29, 0.717) is 17.6 Å². The van der Waals surface area contributed by atoms with Crippen LogP contribution in [0.25, 0.3) is 0 Å². The van der Waals surface area contributed by atoms with E-state index in [-0.39, 0.29) is 11.9 Å². The molecule has 7 nitrogen and oxygen atoms in total. The van der Waals surface area contributed by atoms with Crippen LogP contribution in [-0.4, -0.2) is 44.4 Å². The van der Waals surface area contributed by atoms with Gasteiger partial charge >= 0.3 is 0 Å². The van der Waals surface area contributed by atoms with Crippen LogP contribution in [0.2, 0.25) is 0 Å². The van der Waals surface area contributed by atoms with E-state index >= 15 is 0 Å². The molecule has 7 heteroatoms. The fourth-order valence-electron chi connectivity index (χ4n) is 3.45. The van der Waals surface area contributed by atoms with Crippen LogP contribution in [0.1, 0.15) is 37.5 Å². The first-order valence-corrected chi connectivity index (χ1v) is 8.55. The second-order valence-electron chi connectivity index (χ2n) is 6.51. The lowest BCUT2D eigenvalue weighted by Crippen LogP contribution is -2.47. The van der Waals surface area contributed by atoms with Crippen molar-refractivity contribution in [3.05, 3.63) is 29.8 Å². The van der Waals surface area contributed by atoms with Crippen LogP contribution in [0.3, 0.4) is 0 Å². The van der Waals surface area contributed by atoms with E-state index in [1.807, 2.05) is 31.6 Å². The van der Waals surface area contributed by atoms with Gasteiger partial charge in [0, 0.05) is 18.3 Å². The highest BCUT2D eigenvalue weighted by atomic mass is 16.5. The van der Waals surface area contributed by atoms with E-state index in [2.05, 4.69) is 26.7 Å². The molecule has 1 N–H and O–H groups in total. The monoisotopic (exact) mass is 331 g/mol. The number of hydrogen-bond acceptors (Lipinski definition) is 5. The van der Waals surface area contributed by atoms with Gasteiger partial charge in [-0.1, -0.05) is 12.1 Å². The molecule has 1 amide bonds. The van der Waals surface area contributed by atoms with Crippen molar-refractivity contribution < 1.29 is 9.32 Å². The summed E-state index contributed by atoms with van der Waals surface area (Å²) in [5, 5.41) is 11.1. The molecule has 3 heterocycles. The van der Waals surface area contributed by atoms with Gasteiger partial charge in [-0.2, -0.15) is 5.10 Å². The molecule has 1 saturated heterocycles. The van der Waals surface area contributed by atoms with E-state index in [1.54, 1.807) is 6.07 Å². The van der Waals surface area contributed by atoms with E-state index in [1.165, 1.54) is 0 Å². The average molecular weight is 331 g/mol. The van der Waals surface area contributed by atoms with Crippen LogP contribution in [0.5, 0.6) is 0 Å². The Hall–Kier alpha value is -2.15. The molecule has 24 heavy (non-hydrogen) atoms. The van der Waals surface area contributed by atoms with Gasteiger partial charge in [-0.05, 0) is 45.2 Å². The minimum absolute atomic E-state index is 0.0191. The van der Waals surface area contributed by atoms with Gasteiger partial charge in [0.1, 0.15) is 5.76 Å². The highest BCUT2D eigenvalue weighted by Gasteiger charge is 2.34. The predicted molar refractivity (Wildman–Crippen MR) is 90.6 cm³/mol. The van der Waals surface area contributed by atoms with Crippen molar-refractivity contribution in [2.24, 2.45) is 0 Å². The van der Waals surface area contributed by atoms with Gasteiger partial charge in [0.2, 0.25) is 5.91 Å². The van der Waals surface area contributed by atoms with Crippen molar-refractivity contribution in [3.8, 4) is 0 Å². The normalized spacial score (nSPS) is 19.5. The standard InChI is InChI=1S/C17H25N5O2/c1-4-15(17(23)19-16-8-13(3)24-20-16)22-7-5-6-14(22)11-21-10-12(2)9-18-21/h8-10,14-15H,4-7,11H2,1-3H3,(H,19,20,23)/t14-,15+/m1/s1. The summed E-state index contributed by atoms with van der Waals surface area (Å²) < 4.78 is 6.99. The van der Waals surface area contributed by atoms with Crippen molar-refractivity contribution >= 4 is 11.7 Å². The van der Waals surface area contributed by atoms with Gasteiger partial charge < -0.3 is 9.84 Å². The van der Waals surface area contributed by atoms with Gasteiger partial charge in [-0.25, -0.2) is 0 Å². The number of aryl methyl sites for hydroxylation is 2. The zero-order chi connectivity index (χ0) is 17.1. The SMILES string of the molecule is CC[C@@H](C(=O)Nc1cc(C)on1)N1CCC[C@@H]1Cn1cc(C)cn1. The lowest BCUT2D eigenvalue weighted by Gasteiger charge is -2.31. The molecule has 0 bridgehead atoms. The van der Waals surface area contributed by atoms with Crippen LogP contribution in [0.4, 0.5) is 5.82 Å². The second-order valence-corrected chi connectivity index (χ2v) is 6.51. The number of hydrogen-bond donors (Lipinski definition) is 1. The van der Waals surface area contributed by atoms with Crippen molar-refractivity contribution in [3.63, 3.8) is 0 Å². The molecule has 3 rings (SSSR count). The third kappa shape index (κ3) is 3.67. The minimum Gasteiger partial charge on any atom is -0.360 e. The predicted octanol–water partition coefficient (Wildman–Crippen LogP) is 2.37. The number of rotatable bonds is 6. The van der Waals surface area contributed by atoms with Crippen LogP contribution >= 0.6 is 0 Å². The number of aromatic nitrogens is 3. The third-order valence-electron chi connectivity index (χ3n) is 4.55. The Labute approximate surface area is 142 Å². The van der Waals surface area contributed by atoms with Crippen molar-refractivity contribution in [2.45, 2.75) is 58.7 Å². The zero-order valence-electron chi connectivity index (χ0n) is 14.5. The van der Waals surface area contributed by atoms with Gasteiger partial charge in [0.05, 0.1) is 18.8 Å². The van der Waals surface area contributed by atoms with E-state index in [4.69, 9.17) is 4.52 Å². The molecular weight excluding hydrogens is 306 g/mol. The Balaban J connectivity index is 1.67. The highest BCUT2D eigenvalue weighted by Crippen LogP contribution is 2.24.